The highest BCUT2D eigenvalue weighted by Crippen LogP contribution is 2.21. The number of aryl methyl sites for hydroxylation is 2. The summed E-state index contributed by atoms with van der Waals surface area (Å²) in [5, 5.41) is 3.95. The maximum Gasteiger partial charge on any atom is 0.252 e. The molecule has 0 fully saturated rings. The summed E-state index contributed by atoms with van der Waals surface area (Å²) in [4.78, 5) is 19.4. The van der Waals surface area contributed by atoms with E-state index in [1.807, 2.05) is 38.1 Å². The highest BCUT2D eigenvalue weighted by Gasteiger charge is 2.13. The van der Waals surface area contributed by atoms with Gasteiger partial charge in [-0.3, -0.25) is 9.78 Å². The summed E-state index contributed by atoms with van der Waals surface area (Å²) in [5.74, 6) is -0.0201. The van der Waals surface area contributed by atoms with Gasteiger partial charge in [0, 0.05) is 24.2 Å². The molecule has 2 aromatic rings. The molecule has 1 N–H and O–H groups in total. The van der Waals surface area contributed by atoms with Crippen LogP contribution in [0.15, 0.2) is 24.3 Å². The van der Waals surface area contributed by atoms with Crippen LogP contribution in [0.3, 0.4) is 0 Å². The molecule has 0 aliphatic carbocycles. The van der Waals surface area contributed by atoms with Crippen LogP contribution >= 0.6 is 0 Å². The minimum atomic E-state index is -0.0201. The molecule has 0 spiro atoms. The summed E-state index contributed by atoms with van der Waals surface area (Å²) < 4.78 is 0. The van der Waals surface area contributed by atoms with Crippen LogP contribution in [0.4, 0.5) is 0 Å². The second-order valence-electron chi connectivity index (χ2n) is 5.57. The lowest BCUT2D eigenvalue weighted by Gasteiger charge is -2.18. The van der Waals surface area contributed by atoms with Crippen LogP contribution in [0, 0.1) is 13.8 Å². The van der Waals surface area contributed by atoms with Crippen molar-refractivity contribution in [1.29, 1.82) is 0 Å². The third-order valence-electron chi connectivity index (χ3n) is 4.02. The summed E-state index contributed by atoms with van der Waals surface area (Å²) in [6, 6.07) is 7.83. The number of aromatic nitrogens is 1. The molecule has 4 heteroatoms. The molecular formula is C18H25N3O. The van der Waals surface area contributed by atoms with Gasteiger partial charge in [0.15, 0.2) is 0 Å². The first kappa shape index (κ1) is 16.4. The maximum absolute atomic E-state index is 12.5. The Balaban J connectivity index is 2.19. The monoisotopic (exact) mass is 299 g/mol. The zero-order valence-corrected chi connectivity index (χ0v) is 13.9. The Kier molecular flexibility index (Phi) is 5.50. The molecule has 1 heterocycles. The number of pyridine rings is 1. The van der Waals surface area contributed by atoms with Crippen LogP contribution in [0.2, 0.25) is 0 Å². The van der Waals surface area contributed by atoms with E-state index in [-0.39, 0.29) is 5.91 Å². The number of benzene rings is 1. The molecule has 0 bridgehead atoms. The predicted octanol–water partition coefficient (Wildman–Crippen LogP) is 2.92. The van der Waals surface area contributed by atoms with Crippen molar-refractivity contribution in [3.05, 3.63) is 41.1 Å². The maximum atomic E-state index is 12.5. The third kappa shape index (κ3) is 3.63. The number of amides is 1. The normalized spacial score (nSPS) is 11.1. The van der Waals surface area contributed by atoms with Crippen LogP contribution < -0.4 is 5.32 Å². The highest BCUT2D eigenvalue weighted by atomic mass is 16.1. The Morgan fingerprint density at radius 1 is 1.23 bits per heavy atom. The standard InChI is InChI=1S/C18H25N3O/c1-5-21(6-2)11-10-19-18(22)16-12-14(4)20-17-13(3)8-7-9-15(16)17/h7-9,12H,5-6,10-11H2,1-4H3,(H,19,22). The van der Waals surface area contributed by atoms with Crippen LogP contribution in [-0.2, 0) is 0 Å². The summed E-state index contributed by atoms with van der Waals surface area (Å²) >= 11 is 0. The third-order valence-corrected chi connectivity index (χ3v) is 4.02. The van der Waals surface area contributed by atoms with Crippen molar-refractivity contribution >= 4 is 16.8 Å². The van der Waals surface area contributed by atoms with E-state index in [0.29, 0.717) is 12.1 Å². The highest BCUT2D eigenvalue weighted by molar-refractivity contribution is 6.06. The number of carbonyl (C=O) groups is 1. The average Bonchev–Trinajstić information content (AvgIpc) is 2.51. The fraction of sp³-hybridized carbons (Fsp3) is 0.444. The second-order valence-corrected chi connectivity index (χ2v) is 5.57. The summed E-state index contributed by atoms with van der Waals surface area (Å²) in [6.45, 7) is 11.8. The largest absolute Gasteiger partial charge is 0.351 e. The Bertz CT molecular complexity index is 663. The minimum absolute atomic E-state index is 0.0201. The predicted molar refractivity (Wildman–Crippen MR) is 91.3 cm³/mol. The lowest BCUT2D eigenvalue weighted by Crippen LogP contribution is -2.34. The Hall–Kier alpha value is -1.94. The van der Waals surface area contributed by atoms with Gasteiger partial charge in [0.25, 0.3) is 5.91 Å². The number of nitrogens with zero attached hydrogens (tertiary/aromatic N) is 2. The van der Waals surface area contributed by atoms with Crippen molar-refractivity contribution in [2.24, 2.45) is 0 Å². The van der Waals surface area contributed by atoms with Gasteiger partial charge in [-0.05, 0) is 38.6 Å². The SMILES string of the molecule is CCN(CC)CCNC(=O)c1cc(C)nc2c(C)cccc12. The van der Waals surface area contributed by atoms with Gasteiger partial charge in [-0.15, -0.1) is 0 Å². The molecule has 0 unspecified atom stereocenters. The summed E-state index contributed by atoms with van der Waals surface area (Å²) in [5.41, 5.74) is 3.59. The minimum Gasteiger partial charge on any atom is -0.351 e. The fourth-order valence-corrected chi connectivity index (χ4v) is 2.67. The number of fused-ring (bicyclic) bond motifs is 1. The van der Waals surface area contributed by atoms with Gasteiger partial charge in [0.1, 0.15) is 0 Å². The van der Waals surface area contributed by atoms with Gasteiger partial charge in [0.05, 0.1) is 11.1 Å². The number of nitrogens with one attached hydrogen (secondary N) is 1. The van der Waals surface area contributed by atoms with E-state index in [1.54, 1.807) is 0 Å². The molecule has 0 saturated heterocycles. The van der Waals surface area contributed by atoms with Gasteiger partial charge in [-0.25, -0.2) is 0 Å². The van der Waals surface area contributed by atoms with E-state index < -0.39 is 0 Å². The number of likely N-dealkylation sites (N-methyl/N-ethyl adjacent to an activating group) is 1. The number of para-hydroxylation sites is 1. The molecule has 2 rings (SSSR count). The van der Waals surface area contributed by atoms with E-state index >= 15 is 0 Å². The van der Waals surface area contributed by atoms with E-state index in [1.165, 1.54) is 0 Å². The first-order valence-electron chi connectivity index (χ1n) is 7.94. The Morgan fingerprint density at radius 2 is 1.95 bits per heavy atom. The molecule has 0 radical (unpaired) electrons. The lowest BCUT2D eigenvalue weighted by atomic mass is 10.0. The van der Waals surface area contributed by atoms with Crippen molar-refractivity contribution in [3.63, 3.8) is 0 Å². The van der Waals surface area contributed by atoms with E-state index in [4.69, 9.17) is 0 Å². The van der Waals surface area contributed by atoms with Crippen molar-refractivity contribution in [3.8, 4) is 0 Å². The number of rotatable bonds is 6. The molecule has 1 aromatic carbocycles. The van der Waals surface area contributed by atoms with E-state index in [9.17, 15) is 4.79 Å². The van der Waals surface area contributed by atoms with Crippen molar-refractivity contribution < 1.29 is 4.79 Å². The smallest absolute Gasteiger partial charge is 0.252 e. The van der Waals surface area contributed by atoms with Gasteiger partial charge in [0.2, 0.25) is 0 Å². The van der Waals surface area contributed by atoms with Gasteiger partial charge in [-0.2, -0.15) is 0 Å². The van der Waals surface area contributed by atoms with Gasteiger partial charge < -0.3 is 10.2 Å². The molecule has 0 aliphatic rings. The van der Waals surface area contributed by atoms with Crippen LogP contribution in [0.25, 0.3) is 10.9 Å². The summed E-state index contributed by atoms with van der Waals surface area (Å²) in [7, 11) is 0. The van der Waals surface area contributed by atoms with Crippen molar-refractivity contribution in [2.75, 3.05) is 26.2 Å². The Morgan fingerprint density at radius 3 is 2.64 bits per heavy atom. The molecular weight excluding hydrogens is 274 g/mol. The molecule has 118 valence electrons. The van der Waals surface area contributed by atoms with E-state index in [0.717, 1.165) is 41.8 Å². The number of carbonyl (C=O) groups excluding carboxylic acids is 1. The van der Waals surface area contributed by atoms with Crippen LogP contribution in [0.5, 0.6) is 0 Å². The summed E-state index contributed by atoms with van der Waals surface area (Å²) in [6.07, 6.45) is 0. The zero-order chi connectivity index (χ0) is 16.1. The molecule has 0 aliphatic heterocycles. The van der Waals surface area contributed by atoms with E-state index in [2.05, 4.69) is 29.0 Å². The van der Waals surface area contributed by atoms with Gasteiger partial charge >= 0.3 is 0 Å². The molecule has 1 aromatic heterocycles. The molecule has 1 amide bonds. The molecule has 0 atom stereocenters. The molecule has 0 saturated carbocycles. The first-order valence-corrected chi connectivity index (χ1v) is 7.94. The Labute approximate surface area is 132 Å². The number of hydrogen-bond acceptors (Lipinski definition) is 3. The number of hydrogen-bond donors (Lipinski definition) is 1. The van der Waals surface area contributed by atoms with Crippen LogP contribution in [-0.4, -0.2) is 42.0 Å². The van der Waals surface area contributed by atoms with Gasteiger partial charge in [-0.1, -0.05) is 32.0 Å². The quantitative estimate of drug-likeness (QED) is 0.892. The second kappa shape index (κ2) is 7.36. The molecule has 4 nitrogen and oxygen atoms in total. The fourth-order valence-electron chi connectivity index (χ4n) is 2.67. The first-order chi connectivity index (χ1) is 10.6. The lowest BCUT2D eigenvalue weighted by molar-refractivity contribution is 0.0950. The van der Waals surface area contributed by atoms with Crippen molar-refractivity contribution in [2.45, 2.75) is 27.7 Å². The van der Waals surface area contributed by atoms with Crippen molar-refractivity contribution in [1.82, 2.24) is 15.2 Å². The zero-order valence-electron chi connectivity index (χ0n) is 13.9. The topological polar surface area (TPSA) is 45.2 Å². The van der Waals surface area contributed by atoms with Crippen LogP contribution in [0.1, 0.15) is 35.5 Å². The molecule has 22 heavy (non-hydrogen) atoms. The average molecular weight is 299 g/mol.